The average molecular weight is 174 g/mol. The first-order chi connectivity index (χ1) is 6.40. The molecule has 0 spiro atoms. The fourth-order valence-corrected chi connectivity index (χ4v) is 1.15. The van der Waals surface area contributed by atoms with Gasteiger partial charge in [-0.25, -0.2) is 9.67 Å². The van der Waals surface area contributed by atoms with Crippen LogP contribution in [0.4, 0.5) is 5.69 Å². The maximum absolute atomic E-state index is 4.04. The summed E-state index contributed by atoms with van der Waals surface area (Å²) in [7, 11) is 1.89. The van der Waals surface area contributed by atoms with Gasteiger partial charge in [-0.15, -0.1) is 0 Å². The lowest BCUT2D eigenvalue weighted by molar-refractivity contribution is 0.879. The van der Waals surface area contributed by atoms with Crippen molar-refractivity contribution in [1.82, 2.24) is 14.8 Å². The molecule has 1 aromatic heterocycles. The molecule has 0 saturated carbocycles. The van der Waals surface area contributed by atoms with Gasteiger partial charge >= 0.3 is 0 Å². The number of hydrogen-bond donors (Lipinski definition) is 1. The normalized spacial score (nSPS) is 9.92. The highest BCUT2D eigenvalue weighted by Gasteiger charge is 1.96. The van der Waals surface area contributed by atoms with Crippen LogP contribution >= 0.6 is 0 Å². The van der Waals surface area contributed by atoms with E-state index in [1.165, 1.54) is 6.33 Å². The van der Waals surface area contributed by atoms with Crippen molar-refractivity contribution in [3.63, 3.8) is 0 Å². The maximum Gasteiger partial charge on any atom is 0.138 e. The lowest BCUT2D eigenvalue weighted by Gasteiger charge is -2.03. The van der Waals surface area contributed by atoms with Crippen molar-refractivity contribution in [1.29, 1.82) is 0 Å². The van der Waals surface area contributed by atoms with Gasteiger partial charge in [-0.05, 0) is 18.2 Å². The summed E-state index contributed by atoms with van der Waals surface area (Å²) in [4.78, 5) is 3.89. The van der Waals surface area contributed by atoms with Crippen LogP contribution in [0.15, 0.2) is 36.9 Å². The fourth-order valence-electron chi connectivity index (χ4n) is 1.15. The summed E-state index contributed by atoms with van der Waals surface area (Å²) >= 11 is 0. The van der Waals surface area contributed by atoms with Crippen LogP contribution in [-0.4, -0.2) is 21.8 Å². The molecule has 0 aliphatic heterocycles. The topological polar surface area (TPSA) is 42.7 Å². The molecule has 2 rings (SSSR count). The summed E-state index contributed by atoms with van der Waals surface area (Å²) in [6, 6.07) is 7.97. The van der Waals surface area contributed by atoms with Gasteiger partial charge in [0.1, 0.15) is 12.7 Å². The van der Waals surface area contributed by atoms with Crippen molar-refractivity contribution < 1.29 is 0 Å². The minimum absolute atomic E-state index is 1.00. The van der Waals surface area contributed by atoms with Crippen LogP contribution in [0.3, 0.4) is 0 Å². The Hall–Kier alpha value is -1.84. The van der Waals surface area contributed by atoms with Gasteiger partial charge in [-0.1, -0.05) is 6.07 Å². The molecule has 1 heterocycles. The molecule has 4 nitrogen and oxygen atoms in total. The van der Waals surface area contributed by atoms with E-state index in [4.69, 9.17) is 0 Å². The molecule has 0 aliphatic rings. The predicted octanol–water partition coefficient (Wildman–Crippen LogP) is 1.31. The molecule has 0 atom stereocenters. The Morgan fingerprint density at radius 1 is 1.38 bits per heavy atom. The Bertz CT molecular complexity index is 380. The van der Waals surface area contributed by atoms with Crippen LogP contribution in [0.1, 0.15) is 0 Å². The third-order valence-electron chi connectivity index (χ3n) is 1.82. The Kier molecular flexibility index (Phi) is 1.96. The van der Waals surface area contributed by atoms with E-state index in [0.717, 1.165) is 11.4 Å². The molecule has 0 fully saturated rings. The predicted molar refractivity (Wildman–Crippen MR) is 50.9 cm³/mol. The van der Waals surface area contributed by atoms with E-state index in [-0.39, 0.29) is 0 Å². The lowest BCUT2D eigenvalue weighted by atomic mass is 10.3. The maximum atomic E-state index is 4.04. The van der Waals surface area contributed by atoms with Gasteiger partial charge in [-0.2, -0.15) is 5.10 Å². The molecular weight excluding hydrogens is 164 g/mol. The van der Waals surface area contributed by atoms with Gasteiger partial charge in [0.15, 0.2) is 0 Å². The van der Waals surface area contributed by atoms with E-state index in [0.29, 0.717) is 0 Å². The molecule has 0 saturated heterocycles. The number of hydrogen-bond acceptors (Lipinski definition) is 3. The van der Waals surface area contributed by atoms with Crippen LogP contribution in [0.25, 0.3) is 5.69 Å². The smallest absolute Gasteiger partial charge is 0.138 e. The number of benzene rings is 1. The van der Waals surface area contributed by atoms with E-state index < -0.39 is 0 Å². The molecule has 66 valence electrons. The molecular formula is C9H10N4. The molecule has 2 aromatic rings. The van der Waals surface area contributed by atoms with Crippen molar-refractivity contribution in [2.24, 2.45) is 0 Å². The molecule has 0 unspecified atom stereocenters. The molecule has 1 N–H and O–H groups in total. The van der Waals surface area contributed by atoms with E-state index in [1.54, 1.807) is 11.0 Å². The van der Waals surface area contributed by atoms with Gasteiger partial charge in [-0.3, -0.25) is 0 Å². The second kappa shape index (κ2) is 3.26. The van der Waals surface area contributed by atoms with Crippen LogP contribution in [-0.2, 0) is 0 Å². The lowest BCUT2D eigenvalue weighted by Crippen LogP contribution is -1.95. The average Bonchev–Trinajstić information content (AvgIpc) is 2.71. The SMILES string of the molecule is CNc1cccc(-n2cncn2)c1. The third kappa shape index (κ3) is 1.51. The molecule has 0 radical (unpaired) electrons. The van der Waals surface area contributed by atoms with Gasteiger partial charge < -0.3 is 5.32 Å². The van der Waals surface area contributed by atoms with Crippen molar-refractivity contribution in [3.05, 3.63) is 36.9 Å². The van der Waals surface area contributed by atoms with Crippen molar-refractivity contribution in [2.45, 2.75) is 0 Å². The third-order valence-corrected chi connectivity index (χ3v) is 1.82. The number of nitrogens with zero attached hydrogens (tertiary/aromatic N) is 3. The van der Waals surface area contributed by atoms with Crippen molar-refractivity contribution in [3.8, 4) is 5.69 Å². The number of rotatable bonds is 2. The minimum atomic E-state index is 1.00. The highest BCUT2D eigenvalue weighted by molar-refractivity contribution is 5.50. The highest BCUT2D eigenvalue weighted by atomic mass is 15.3. The second-order valence-electron chi connectivity index (χ2n) is 2.64. The zero-order valence-electron chi connectivity index (χ0n) is 7.31. The summed E-state index contributed by atoms with van der Waals surface area (Å²) in [6.45, 7) is 0. The van der Waals surface area contributed by atoms with Crippen LogP contribution in [0.5, 0.6) is 0 Å². The van der Waals surface area contributed by atoms with Crippen LogP contribution in [0, 0.1) is 0 Å². The van der Waals surface area contributed by atoms with Crippen molar-refractivity contribution in [2.75, 3.05) is 12.4 Å². The number of anilines is 1. The first kappa shape index (κ1) is 7.79. The monoisotopic (exact) mass is 174 g/mol. The summed E-state index contributed by atoms with van der Waals surface area (Å²) in [6.07, 6.45) is 3.20. The van der Waals surface area contributed by atoms with Crippen LogP contribution in [0.2, 0.25) is 0 Å². The molecule has 4 heteroatoms. The van der Waals surface area contributed by atoms with Crippen molar-refractivity contribution >= 4 is 5.69 Å². The highest BCUT2D eigenvalue weighted by Crippen LogP contribution is 2.12. The second-order valence-corrected chi connectivity index (χ2v) is 2.64. The molecule has 1 aromatic carbocycles. The van der Waals surface area contributed by atoms with Crippen LogP contribution < -0.4 is 5.32 Å². The van der Waals surface area contributed by atoms with E-state index in [2.05, 4.69) is 15.4 Å². The zero-order valence-corrected chi connectivity index (χ0v) is 7.31. The number of nitrogens with one attached hydrogen (secondary N) is 1. The minimum Gasteiger partial charge on any atom is -0.388 e. The summed E-state index contributed by atoms with van der Waals surface area (Å²) in [5.74, 6) is 0. The van der Waals surface area contributed by atoms with E-state index in [1.807, 2.05) is 31.3 Å². The van der Waals surface area contributed by atoms with Gasteiger partial charge in [0, 0.05) is 12.7 Å². The Balaban J connectivity index is 2.41. The Labute approximate surface area is 76.2 Å². The first-order valence-electron chi connectivity index (χ1n) is 4.03. The summed E-state index contributed by atoms with van der Waals surface area (Å²) in [5, 5.41) is 7.11. The molecule has 0 bridgehead atoms. The van der Waals surface area contributed by atoms with Gasteiger partial charge in [0.25, 0.3) is 0 Å². The summed E-state index contributed by atoms with van der Waals surface area (Å²) < 4.78 is 1.72. The Morgan fingerprint density at radius 2 is 2.31 bits per heavy atom. The fraction of sp³-hybridized carbons (Fsp3) is 0.111. The largest absolute Gasteiger partial charge is 0.388 e. The van der Waals surface area contributed by atoms with Gasteiger partial charge in [0.2, 0.25) is 0 Å². The molecule has 13 heavy (non-hydrogen) atoms. The summed E-state index contributed by atoms with van der Waals surface area (Å²) in [5.41, 5.74) is 2.07. The molecule has 0 aliphatic carbocycles. The Morgan fingerprint density at radius 3 is 3.00 bits per heavy atom. The standard InChI is InChI=1S/C9H10N4/c1-10-8-3-2-4-9(5-8)13-7-11-6-12-13/h2-7,10H,1H3. The van der Waals surface area contributed by atoms with Gasteiger partial charge in [0.05, 0.1) is 5.69 Å². The first-order valence-corrected chi connectivity index (χ1v) is 4.03. The number of aromatic nitrogens is 3. The zero-order chi connectivity index (χ0) is 9.10. The molecule has 0 amide bonds. The van der Waals surface area contributed by atoms with E-state index >= 15 is 0 Å². The van der Waals surface area contributed by atoms with E-state index in [9.17, 15) is 0 Å². The quantitative estimate of drug-likeness (QED) is 0.746.